The van der Waals surface area contributed by atoms with Gasteiger partial charge in [0.15, 0.2) is 14.0 Å². The van der Waals surface area contributed by atoms with Crippen LogP contribution in [0.25, 0.3) is 0 Å². The third-order valence-electron chi connectivity index (χ3n) is 3.21. The Morgan fingerprint density at radius 3 is 1.96 bits per heavy atom. The van der Waals surface area contributed by atoms with E-state index in [0.29, 0.717) is 0 Å². The third kappa shape index (κ3) is 4.11. The average Bonchev–Trinajstić information content (AvgIpc) is 2.45. The zero-order chi connectivity index (χ0) is 18.4. The molecule has 0 radical (unpaired) electrons. The van der Waals surface area contributed by atoms with Gasteiger partial charge in [0.25, 0.3) is 0 Å². The molecule has 1 aromatic carbocycles. The van der Waals surface area contributed by atoms with Crippen molar-refractivity contribution in [1.29, 1.82) is 0 Å². The van der Waals surface area contributed by atoms with Gasteiger partial charge in [0.05, 0.1) is 0 Å². The molecule has 0 amide bonds. The first-order valence-corrected chi connectivity index (χ1v) is 12.8. The Morgan fingerprint density at radius 1 is 0.875 bits per heavy atom. The molecule has 0 saturated heterocycles. The van der Waals surface area contributed by atoms with Gasteiger partial charge in [-0.1, -0.05) is 130 Å². The monoisotopic (exact) mass is 841 g/mol. The molecule has 0 N–H and O–H groups in total. The molecule has 0 aliphatic heterocycles. The molecule has 2 nitrogen and oxygen atoms in total. The maximum Gasteiger partial charge on any atom is 0.199 e. The van der Waals surface area contributed by atoms with Gasteiger partial charge in [-0.2, -0.15) is 0 Å². The minimum Gasteiger partial charge on any atom is -0.465 e. The summed E-state index contributed by atoms with van der Waals surface area (Å²) in [5, 5.41) is 0. The molecule has 2 rings (SSSR count). The summed E-state index contributed by atoms with van der Waals surface area (Å²) >= 11 is 29.5. The number of rotatable bonds is 4. The SMILES string of the molecule is CC(Oc1ccccc1)OC1(Br)C(Br)=CC(Br)(Br)C(Br)(Br)C1(Br)Br. The molecule has 10 heteroatoms. The molecule has 0 heterocycles. The lowest BCUT2D eigenvalue weighted by molar-refractivity contribution is -0.107. The van der Waals surface area contributed by atoms with Crippen molar-refractivity contribution in [1.82, 2.24) is 0 Å². The lowest BCUT2D eigenvalue weighted by Crippen LogP contribution is -2.62. The van der Waals surface area contributed by atoms with E-state index in [0.717, 1.165) is 10.2 Å². The van der Waals surface area contributed by atoms with E-state index in [2.05, 4.69) is 127 Å². The van der Waals surface area contributed by atoms with Gasteiger partial charge < -0.3 is 9.47 Å². The second-order valence-corrected chi connectivity index (χ2v) is 17.4. The highest BCUT2D eigenvalue weighted by molar-refractivity contribution is 9.33. The van der Waals surface area contributed by atoms with E-state index >= 15 is 0 Å². The molecule has 2 atom stereocenters. The van der Waals surface area contributed by atoms with Crippen molar-refractivity contribution < 1.29 is 9.47 Å². The van der Waals surface area contributed by atoms with Crippen molar-refractivity contribution in [2.75, 3.05) is 0 Å². The minimum absolute atomic E-state index is 0.531. The molecule has 134 valence electrons. The van der Waals surface area contributed by atoms with Crippen LogP contribution < -0.4 is 4.74 Å². The number of para-hydroxylation sites is 1. The molecule has 2 unspecified atom stereocenters. The fraction of sp³-hybridized carbons (Fsp3) is 0.429. The van der Waals surface area contributed by atoms with E-state index in [1.165, 1.54) is 0 Å². The lowest BCUT2D eigenvalue weighted by Gasteiger charge is -2.53. The summed E-state index contributed by atoms with van der Waals surface area (Å²) in [6.45, 7) is 1.83. The summed E-state index contributed by atoms with van der Waals surface area (Å²) in [6, 6.07) is 9.51. The van der Waals surface area contributed by atoms with E-state index in [1.807, 2.05) is 43.3 Å². The second kappa shape index (κ2) is 8.13. The number of benzene rings is 1. The first-order chi connectivity index (χ1) is 10.8. The zero-order valence-electron chi connectivity index (χ0n) is 11.9. The second-order valence-electron chi connectivity index (χ2n) is 4.98. The fourth-order valence-corrected chi connectivity index (χ4v) is 9.21. The number of hydrogen-bond donors (Lipinski definition) is 0. The first-order valence-electron chi connectivity index (χ1n) is 6.46. The number of allylic oxidation sites excluding steroid dienone is 1. The van der Waals surface area contributed by atoms with Crippen LogP contribution in [0.1, 0.15) is 6.92 Å². The van der Waals surface area contributed by atoms with Gasteiger partial charge >= 0.3 is 0 Å². The van der Waals surface area contributed by atoms with Crippen LogP contribution in [0.4, 0.5) is 0 Å². The van der Waals surface area contributed by atoms with Crippen LogP contribution in [-0.2, 0) is 4.74 Å². The summed E-state index contributed by atoms with van der Waals surface area (Å²) in [4.78, 5) is 0. The van der Waals surface area contributed by atoms with Crippen LogP contribution in [0.2, 0.25) is 0 Å². The van der Waals surface area contributed by atoms with Crippen molar-refractivity contribution in [3.8, 4) is 5.75 Å². The van der Waals surface area contributed by atoms with Gasteiger partial charge in [0.1, 0.15) is 12.2 Å². The van der Waals surface area contributed by atoms with Crippen LogP contribution in [0.5, 0.6) is 5.75 Å². The predicted molar refractivity (Wildman–Crippen MR) is 128 cm³/mol. The van der Waals surface area contributed by atoms with Crippen molar-refractivity contribution in [3.63, 3.8) is 0 Å². The molecule has 24 heavy (non-hydrogen) atoms. The lowest BCUT2D eigenvalue weighted by atomic mass is 10.0. The topological polar surface area (TPSA) is 18.5 Å². The highest BCUT2D eigenvalue weighted by Gasteiger charge is 2.70. The van der Waals surface area contributed by atoms with Crippen molar-refractivity contribution >= 4 is 127 Å². The largest absolute Gasteiger partial charge is 0.465 e. The van der Waals surface area contributed by atoms with Gasteiger partial charge in [-0.15, -0.1) is 0 Å². The quantitative estimate of drug-likeness (QED) is 0.225. The Hall–Kier alpha value is 2.56. The Balaban J connectivity index is 2.33. The van der Waals surface area contributed by atoms with Crippen LogP contribution in [0.15, 0.2) is 40.9 Å². The maximum atomic E-state index is 6.22. The smallest absolute Gasteiger partial charge is 0.199 e. The Labute approximate surface area is 208 Å². The highest BCUT2D eigenvalue weighted by atomic mass is 79.9. The summed E-state index contributed by atoms with van der Waals surface area (Å²) in [5.74, 6) is 0.728. The van der Waals surface area contributed by atoms with E-state index in [4.69, 9.17) is 9.47 Å². The summed E-state index contributed by atoms with van der Waals surface area (Å²) in [6.07, 6.45) is 1.40. The average molecular weight is 849 g/mol. The van der Waals surface area contributed by atoms with Crippen LogP contribution in [0, 0.1) is 0 Å². The molecule has 1 aliphatic rings. The zero-order valence-corrected chi connectivity index (χ0v) is 24.6. The van der Waals surface area contributed by atoms with E-state index in [9.17, 15) is 0 Å². The van der Waals surface area contributed by atoms with Crippen molar-refractivity contribution in [2.24, 2.45) is 0 Å². The molecule has 0 aromatic heterocycles. The van der Waals surface area contributed by atoms with Gasteiger partial charge in [-0.3, -0.25) is 0 Å². The number of hydrogen-bond acceptors (Lipinski definition) is 2. The number of halogens is 8. The summed E-state index contributed by atoms with van der Waals surface area (Å²) in [5.41, 5.74) is 0. The normalized spacial score (nSPS) is 28.8. The molecule has 0 fully saturated rings. The van der Waals surface area contributed by atoms with E-state index in [1.54, 1.807) is 0 Å². The standard InChI is InChI=1S/C14H10Br8O2/c1-8(23-9-5-3-2-4-6-9)24-12(18)10(15)7-11(16,17)13(19,20)14(12,21)22/h2-8H,1H3. The van der Waals surface area contributed by atoms with Crippen LogP contribution >= 0.6 is 127 Å². The van der Waals surface area contributed by atoms with Gasteiger partial charge in [0, 0.05) is 4.48 Å². The van der Waals surface area contributed by atoms with Crippen LogP contribution in [0.3, 0.4) is 0 Å². The molecular formula is C14H10Br8O2. The van der Waals surface area contributed by atoms with E-state index < -0.39 is 20.5 Å². The summed E-state index contributed by atoms with van der Waals surface area (Å²) in [7, 11) is 0. The Kier molecular flexibility index (Phi) is 7.73. The molecular weight excluding hydrogens is 839 g/mol. The number of ether oxygens (including phenoxy) is 2. The van der Waals surface area contributed by atoms with Crippen molar-refractivity contribution in [3.05, 3.63) is 40.9 Å². The van der Waals surface area contributed by atoms with Crippen LogP contribution in [-0.4, -0.2) is 20.5 Å². The Morgan fingerprint density at radius 2 is 1.42 bits per heavy atom. The molecule has 1 aliphatic carbocycles. The van der Waals surface area contributed by atoms with E-state index in [-0.39, 0.29) is 0 Å². The summed E-state index contributed by atoms with van der Waals surface area (Å²) < 4.78 is 9.70. The van der Waals surface area contributed by atoms with Gasteiger partial charge in [-0.05, 0) is 41.1 Å². The molecule has 0 bridgehead atoms. The minimum atomic E-state index is -0.980. The third-order valence-corrected chi connectivity index (χ3v) is 17.4. The highest BCUT2D eigenvalue weighted by Crippen LogP contribution is 2.71. The fourth-order valence-electron chi connectivity index (χ4n) is 1.98. The molecule has 0 saturated carbocycles. The van der Waals surface area contributed by atoms with Gasteiger partial charge in [0.2, 0.25) is 0 Å². The number of alkyl halides is 7. The van der Waals surface area contributed by atoms with Gasteiger partial charge in [-0.25, -0.2) is 0 Å². The maximum absolute atomic E-state index is 6.22. The molecule has 0 spiro atoms. The predicted octanol–water partition coefficient (Wildman–Crippen LogP) is 8.27. The molecule has 1 aromatic rings. The van der Waals surface area contributed by atoms with Crippen molar-refractivity contribution in [2.45, 2.75) is 27.4 Å². The Bertz CT molecular complexity index is 631. The first kappa shape index (κ1) is 22.8.